The van der Waals surface area contributed by atoms with Gasteiger partial charge in [-0.1, -0.05) is 44.2 Å². The summed E-state index contributed by atoms with van der Waals surface area (Å²) in [6.45, 7) is 6.82. The van der Waals surface area contributed by atoms with Crippen LogP contribution in [0, 0.1) is 0 Å². The number of halogens is 1. The first-order valence-electron chi connectivity index (χ1n) is 7.48. The smallest absolute Gasteiger partial charge is 0.261 e. The number of benzene rings is 1. The maximum atomic E-state index is 12.3. The molecule has 0 bridgehead atoms. The average molecular weight is 381 g/mol. The number of thiophene rings is 1. The van der Waals surface area contributed by atoms with Gasteiger partial charge in [0.25, 0.3) is 5.91 Å². The highest BCUT2D eigenvalue weighted by molar-refractivity contribution is 9.11. The normalized spacial score (nSPS) is 12.4. The van der Waals surface area contributed by atoms with Crippen molar-refractivity contribution in [3.05, 3.63) is 56.7 Å². The van der Waals surface area contributed by atoms with Crippen molar-refractivity contribution in [2.75, 3.05) is 19.6 Å². The summed E-state index contributed by atoms with van der Waals surface area (Å²) in [4.78, 5) is 15.3. The number of carbonyl (C=O) groups excluding carboxylic acids is 1. The predicted octanol–water partition coefficient (Wildman–Crippen LogP) is 4.32. The molecule has 0 aliphatic heterocycles. The standard InChI is InChI=1S/C17H21BrN2OS/c1-3-20(4-2)14(13-8-6-5-7-9-13)12-19-17(21)15-10-11-16(18)22-15/h5-11,14H,3-4,12H2,1-2H3,(H,19,21). The van der Waals surface area contributed by atoms with Crippen molar-refractivity contribution in [2.24, 2.45) is 0 Å². The maximum absolute atomic E-state index is 12.3. The summed E-state index contributed by atoms with van der Waals surface area (Å²) >= 11 is 4.85. The van der Waals surface area contributed by atoms with Gasteiger partial charge < -0.3 is 5.32 Å². The van der Waals surface area contributed by atoms with Crippen molar-refractivity contribution < 1.29 is 4.79 Å². The van der Waals surface area contributed by atoms with Crippen LogP contribution in [-0.4, -0.2) is 30.4 Å². The van der Waals surface area contributed by atoms with E-state index in [0.717, 1.165) is 21.8 Å². The Bertz CT molecular complexity index is 596. The molecule has 1 aromatic heterocycles. The number of rotatable bonds is 7. The molecule has 1 N–H and O–H groups in total. The fourth-order valence-electron chi connectivity index (χ4n) is 2.51. The summed E-state index contributed by atoms with van der Waals surface area (Å²) in [5.41, 5.74) is 1.24. The molecule has 2 rings (SSSR count). The maximum Gasteiger partial charge on any atom is 0.261 e. The number of amides is 1. The minimum Gasteiger partial charge on any atom is -0.349 e. The van der Waals surface area contributed by atoms with Crippen molar-refractivity contribution in [3.63, 3.8) is 0 Å². The molecule has 0 saturated carbocycles. The van der Waals surface area contributed by atoms with E-state index < -0.39 is 0 Å². The lowest BCUT2D eigenvalue weighted by molar-refractivity contribution is 0.0939. The molecule has 0 saturated heterocycles. The van der Waals surface area contributed by atoms with Gasteiger partial charge >= 0.3 is 0 Å². The number of likely N-dealkylation sites (N-methyl/N-ethyl adjacent to an activating group) is 1. The van der Waals surface area contributed by atoms with Crippen LogP contribution < -0.4 is 5.32 Å². The molecule has 0 fully saturated rings. The summed E-state index contributed by atoms with van der Waals surface area (Å²) in [6, 6.07) is 14.3. The zero-order chi connectivity index (χ0) is 15.9. The lowest BCUT2D eigenvalue weighted by atomic mass is 10.1. The van der Waals surface area contributed by atoms with Crippen LogP contribution in [0.15, 0.2) is 46.3 Å². The van der Waals surface area contributed by atoms with Gasteiger partial charge in [-0.15, -0.1) is 11.3 Å². The van der Waals surface area contributed by atoms with E-state index in [-0.39, 0.29) is 11.9 Å². The van der Waals surface area contributed by atoms with Crippen LogP contribution in [0.5, 0.6) is 0 Å². The summed E-state index contributed by atoms with van der Waals surface area (Å²) in [5, 5.41) is 3.07. The monoisotopic (exact) mass is 380 g/mol. The highest BCUT2D eigenvalue weighted by Gasteiger charge is 2.19. The van der Waals surface area contributed by atoms with Gasteiger partial charge in [0, 0.05) is 6.54 Å². The molecule has 1 aromatic carbocycles. The van der Waals surface area contributed by atoms with Crippen LogP contribution in [0.25, 0.3) is 0 Å². The van der Waals surface area contributed by atoms with E-state index in [0.29, 0.717) is 6.54 Å². The van der Waals surface area contributed by atoms with Crippen LogP contribution >= 0.6 is 27.3 Å². The van der Waals surface area contributed by atoms with E-state index in [4.69, 9.17) is 0 Å². The molecular weight excluding hydrogens is 360 g/mol. The largest absolute Gasteiger partial charge is 0.349 e. The minimum atomic E-state index is -0.0104. The molecule has 22 heavy (non-hydrogen) atoms. The van der Waals surface area contributed by atoms with E-state index in [1.807, 2.05) is 30.3 Å². The van der Waals surface area contributed by atoms with Gasteiger partial charge in [0.15, 0.2) is 0 Å². The first-order valence-corrected chi connectivity index (χ1v) is 9.09. The Labute approximate surface area is 144 Å². The van der Waals surface area contributed by atoms with Crippen molar-refractivity contribution in [1.82, 2.24) is 10.2 Å². The fourth-order valence-corrected chi connectivity index (χ4v) is 3.81. The summed E-state index contributed by atoms with van der Waals surface area (Å²) in [7, 11) is 0. The molecule has 3 nitrogen and oxygen atoms in total. The first kappa shape index (κ1) is 17.2. The highest BCUT2D eigenvalue weighted by Crippen LogP contribution is 2.23. The van der Waals surface area contributed by atoms with Gasteiger partial charge in [-0.25, -0.2) is 0 Å². The summed E-state index contributed by atoms with van der Waals surface area (Å²) < 4.78 is 0.973. The number of carbonyl (C=O) groups is 1. The van der Waals surface area contributed by atoms with Crippen molar-refractivity contribution in [1.29, 1.82) is 0 Å². The van der Waals surface area contributed by atoms with Gasteiger partial charge in [-0.2, -0.15) is 0 Å². The number of hydrogen-bond acceptors (Lipinski definition) is 3. The minimum absolute atomic E-state index is 0.0104. The molecule has 1 atom stereocenters. The van der Waals surface area contributed by atoms with Crippen molar-refractivity contribution in [3.8, 4) is 0 Å². The van der Waals surface area contributed by atoms with Gasteiger partial charge in [-0.05, 0) is 46.7 Å². The fraction of sp³-hybridized carbons (Fsp3) is 0.353. The van der Waals surface area contributed by atoms with Crippen molar-refractivity contribution >= 4 is 33.2 Å². The lowest BCUT2D eigenvalue weighted by Gasteiger charge is -2.30. The number of nitrogens with zero attached hydrogens (tertiary/aromatic N) is 1. The van der Waals surface area contributed by atoms with Gasteiger partial charge in [0.05, 0.1) is 14.7 Å². The van der Waals surface area contributed by atoms with Gasteiger partial charge in [0.2, 0.25) is 0 Å². The van der Waals surface area contributed by atoms with E-state index in [9.17, 15) is 4.79 Å². The second-order valence-corrected chi connectivity index (χ2v) is 7.42. The predicted molar refractivity (Wildman–Crippen MR) is 96.5 cm³/mol. The van der Waals surface area contributed by atoms with E-state index in [1.165, 1.54) is 16.9 Å². The summed E-state index contributed by atoms with van der Waals surface area (Å²) in [6.07, 6.45) is 0. The molecule has 1 amide bonds. The Balaban J connectivity index is 2.08. The molecule has 1 heterocycles. The topological polar surface area (TPSA) is 32.3 Å². The Morgan fingerprint density at radius 1 is 1.18 bits per heavy atom. The summed E-state index contributed by atoms with van der Waals surface area (Å²) in [5.74, 6) is -0.0104. The van der Waals surface area contributed by atoms with Crippen LogP contribution in [0.2, 0.25) is 0 Å². The molecule has 5 heteroatoms. The second-order valence-electron chi connectivity index (χ2n) is 4.96. The average Bonchev–Trinajstić information content (AvgIpc) is 2.98. The van der Waals surface area contributed by atoms with Crippen LogP contribution in [-0.2, 0) is 0 Å². The third-order valence-electron chi connectivity index (χ3n) is 3.69. The molecule has 0 aliphatic carbocycles. The van der Waals surface area contributed by atoms with Crippen LogP contribution in [0.3, 0.4) is 0 Å². The second kappa shape index (κ2) is 8.46. The molecule has 1 unspecified atom stereocenters. The molecule has 0 spiro atoms. The van der Waals surface area contributed by atoms with Crippen LogP contribution in [0.1, 0.15) is 35.1 Å². The third-order valence-corrected chi connectivity index (χ3v) is 5.31. The number of hydrogen-bond donors (Lipinski definition) is 1. The Morgan fingerprint density at radius 3 is 2.41 bits per heavy atom. The van der Waals surface area contributed by atoms with Crippen molar-refractivity contribution in [2.45, 2.75) is 19.9 Å². The highest BCUT2D eigenvalue weighted by atomic mass is 79.9. The van der Waals surface area contributed by atoms with Gasteiger partial charge in [-0.3, -0.25) is 9.69 Å². The first-order chi connectivity index (χ1) is 10.7. The van der Waals surface area contributed by atoms with E-state index in [1.54, 1.807) is 0 Å². The zero-order valence-corrected chi connectivity index (χ0v) is 15.3. The number of nitrogens with one attached hydrogen (secondary N) is 1. The quantitative estimate of drug-likeness (QED) is 0.775. The molecule has 2 aromatic rings. The van der Waals surface area contributed by atoms with Gasteiger partial charge in [0.1, 0.15) is 0 Å². The lowest BCUT2D eigenvalue weighted by Crippen LogP contribution is -2.37. The molecular formula is C17H21BrN2OS. The molecule has 0 aliphatic rings. The Hall–Kier alpha value is -1.17. The molecule has 118 valence electrons. The zero-order valence-electron chi connectivity index (χ0n) is 12.9. The van der Waals surface area contributed by atoms with Crippen LogP contribution in [0.4, 0.5) is 0 Å². The SMILES string of the molecule is CCN(CC)C(CNC(=O)c1ccc(Br)s1)c1ccccc1. The van der Waals surface area contributed by atoms with E-state index >= 15 is 0 Å². The Kier molecular flexibility index (Phi) is 6.61. The third kappa shape index (κ3) is 4.41. The van der Waals surface area contributed by atoms with E-state index in [2.05, 4.69) is 52.1 Å². The molecule has 0 radical (unpaired) electrons. The Morgan fingerprint density at radius 2 is 1.86 bits per heavy atom.